The molecule has 2 amide bonds. The zero-order valence-electron chi connectivity index (χ0n) is 14.5. The van der Waals surface area contributed by atoms with Crippen LogP contribution in [-0.4, -0.2) is 24.5 Å². The topological polar surface area (TPSA) is 79.8 Å². The third-order valence-corrected chi connectivity index (χ3v) is 2.94. The highest BCUT2D eigenvalue weighted by molar-refractivity contribution is 6.14. The molecular formula is C17H28N4O. The van der Waals surface area contributed by atoms with E-state index in [1.54, 1.807) is 20.2 Å². The number of nitrogens with two attached hydrogens (primary N) is 1. The Bertz CT molecular complexity index is 533. The fourth-order valence-electron chi connectivity index (χ4n) is 1.73. The van der Waals surface area contributed by atoms with Gasteiger partial charge in [-0.25, -0.2) is 4.79 Å². The molecule has 0 atom stereocenters. The molecule has 0 saturated carbocycles. The van der Waals surface area contributed by atoms with E-state index in [1.165, 1.54) is 0 Å². The van der Waals surface area contributed by atoms with Gasteiger partial charge in [0.2, 0.25) is 0 Å². The maximum absolute atomic E-state index is 11.0. The Labute approximate surface area is 133 Å². The number of hydrogen-bond donors (Lipinski definition) is 2. The Morgan fingerprint density at radius 2 is 1.86 bits per heavy atom. The van der Waals surface area contributed by atoms with E-state index < -0.39 is 6.03 Å². The first kappa shape index (κ1) is 19.8. The van der Waals surface area contributed by atoms with E-state index in [0.29, 0.717) is 5.70 Å². The molecule has 0 heterocycles. The van der Waals surface area contributed by atoms with Crippen molar-refractivity contribution in [3.8, 4) is 0 Å². The SMILES string of the molecule is CCC/C=C/C(=C\N=C(C)C)C(=N/C)/C(C)=C(\C)NC(N)=O. The number of nitrogens with zero attached hydrogens (tertiary/aromatic N) is 2. The zero-order chi connectivity index (χ0) is 17.1. The molecular weight excluding hydrogens is 276 g/mol. The normalized spacial score (nSPS) is 13.9. The van der Waals surface area contributed by atoms with Gasteiger partial charge in [0, 0.05) is 30.2 Å². The Morgan fingerprint density at radius 1 is 1.23 bits per heavy atom. The van der Waals surface area contributed by atoms with Gasteiger partial charge in [0.25, 0.3) is 0 Å². The number of unbranched alkanes of at least 4 members (excludes halogenated alkanes) is 1. The van der Waals surface area contributed by atoms with Gasteiger partial charge >= 0.3 is 6.03 Å². The second kappa shape index (κ2) is 10.5. The molecule has 22 heavy (non-hydrogen) atoms. The summed E-state index contributed by atoms with van der Waals surface area (Å²) in [5.41, 5.74) is 9.36. The molecule has 122 valence electrons. The lowest BCUT2D eigenvalue weighted by Gasteiger charge is -2.12. The van der Waals surface area contributed by atoms with Gasteiger partial charge in [0.15, 0.2) is 0 Å². The number of hydrogen-bond acceptors (Lipinski definition) is 3. The lowest BCUT2D eigenvalue weighted by molar-refractivity contribution is 0.251. The van der Waals surface area contributed by atoms with E-state index in [1.807, 2.05) is 26.8 Å². The molecule has 5 heteroatoms. The van der Waals surface area contributed by atoms with E-state index in [4.69, 9.17) is 5.73 Å². The minimum Gasteiger partial charge on any atom is -0.351 e. The van der Waals surface area contributed by atoms with Crippen LogP contribution < -0.4 is 11.1 Å². The largest absolute Gasteiger partial charge is 0.351 e. The van der Waals surface area contributed by atoms with Crippen molar-refractivity contribution in [3.05, 3.63) is 35.2 Å². The summed E-state index contributed by atoms with van der Waals surface area (Å²) < 4.78 is 0. The molecule has 5 nitrogen and oxygen atoms in total. The second-order valence-corrected chi connectivity index (χ2v) is 5.16. The lowest BCUT2D eigenvalue weighted by Crippen LogP contribution is -2.29. The molecule has 0 rings (SSSR count). The summed E-state index contributed by atoms with van der Waals surface area (Å²) in [5.74, 6) is 0. The van der Waals surface area contributed by atoms with Crippen LogP contribution in [0.5, 0.6) is 0 Å². The summed E-state index contributed by atoms with van der Waals surface area (Å²) in [6.07, 6.45) is 7.98. The maximum atomic E-state index is 11.0. The number of primary amides is 1. The van der Waals surface area contributed by atoms with Crippen molar-refractivity contribution in [1.82, 2.24) is 5.32 Å². The number of rotatable bonds is 7. The quantitative estimate of drug-likeness (QED) is 0.545. The van der Waals surface area contributed by atoms with Gasteiger partial charge in [-0.05, 0) is 39.7 Å². The Kier molecular flexibility index (Phi) is 9.50. The summed E-state index contributed by atoms with van der Waals surface area (Å²) >= 11 is 0. The monoisotopic (exact) mass is 304 g/mol. The van der Waals surface area contributed by atoms with Gasteiger partial charge in [0.05, 0.1) is 5.71 Å². The van der Waals surface area contributed by atoms with Crippen LogP contribution in [0.15, 0.2) is 45.2 Å². The van der Waals surface area contributed by atoms with Crippen molar-refractivity contribution in [1.29, 1.82) is 0 Å². The van der Waals surface area contributed by atoms with Gasteiger partial charge in [-0.3, -0.25) is 9.98 Å². The molecule has 0 aromatic heterocycles. The van der Waals surface area contributed by atoms with Crippen molar-refractivity contribution in [2.24, 2.45) is 15.7 Å². The van der Waals surface area contributed by atoms with Crippen LogP contribution in [-0.2, 0) is 0 Å². The maximum Gasteiger partial charge on any atom is 0.316 e. The van der Waals surface area contributed by atoms with E-state index in [2.05, 4.69) is 28.3 Å². The van der Waals surface area contributed by atoms with Crippen molar-refractivity contribution in [2.75, 3.05) is 7.05 Å². The van der Waals surface area contributed by atoms with E-state index in [0.717, 1.165) is 35.4 Å². The number of amides is 2. The smallest absolute Gasteiger partial charge is 0.316 e. The average molecular weight is 304 g/mol. The summed E-state index contributed by atoms with van der Waals surface area (Å²) in [4.78, 5) is 19.7. The van der Waals surface area contributed by atoms with Gasteiger partial charge in [-0.1, -0.05) is 25.5 Å². The van der Waals surface area contributed by atoms with Crippen LogP contribution in [0.3, 0.4) is 0 Å². The van der Waals surface area contributed by atoms with Crippen molar-refractivity contribution in [3.63, 3.8) is 0 Å². The predicted molar refractivity (Wildman–Crippen MR) is 95.4 cm³/mol. The molecule has 0 aliphatic carbocycles. The first-order valence-electron chi connectivity index (χ1n) is 7.42. The van der Waals surface area contributed by atoms with E-state index >= 15 is 0 Å². The third kappa shape index (κ3) is 7.57. The molecule has 0 aliphatic heterocycles. The molecule has 0 aromatic carbocycles. The number of aliphatic imine (C=N–C) groups is 2. The highest BCUT2D eigenvalue weighted by Gasteiger charge is 2.10. The fourth-order valence-corrected chi connectivity index (χ4v) is 1.73. The van der Waals surface area contributed by atoms with Crippen molar-refractivity contribution >= 4 is 17.5 Å². The third-order valence-electron chi connectivity index (χ3n) is 2.94. The first-order valence-corrected chi connectivity index (χ1v) is 7.42. The molecule has 0 saturated heterocycles. The van der Waals surface area contributed by atoms with E-state index in [-0.39, 0.29) is 0 Å². The summed E-state index contributed by atoms with van der Waals surface area (Å²) in [6.45, 7) is 9.71. The predicted octanol–water partition coefficient (Wildman–Crippen LogP) is 3.74. The highest BCUT2D eigenvalue weighted by Crippen LogP contribution is 2.14. The molecule has 0 spiro atoms. The van der Waals surface area contributed by atoms with Gasteiger partial charge < -0.3 is 11.1 Å². The number of carbonyl (C=O) groups is 1. The number of nitrogens with one attached hydrogen (secondary N) is 1. The average Bonchev–Trinajstić information content (AvgIpc) is 2.43. The summed E-state index contributed by atoms with van der Waals surface area (Å²) in [7, 11) is 1.72. The molecule has 0 aromatic rings. The van der Waals surface area contributed by atoms with Crippen LogP contribution in [0.2, 0.25) is 0 Å². The Morgan fingerprint density at radius 3 is 2.32 bits per heavy atom. The summed E-state index contributed by atoms with van der Waals surface area (Å²) in [6, 6.07) is -0.582. The minimum absolute atomic E-state index is 0.582. The van der Waals surface area contributed by atoms with Crippen LogP contribution in [0.4, 0.5) is 4.79 Å². The zero-order valence-corrected chi connectivity index (χ0v) is 14.5. The number of carbonyl (C=O) groups excluding carboxylic acids is 1. The van der Waals surface area contributed by atoms with Crippen molar-refractivity contribution < 1.29 is 4.79 Å². The van der Waals surface area contributed by atoms with Crippen LogP contribution in [0.25, 0.3) is 0 Å². The molecule has 0 aliphatic rings. The van der Waals surface area contributed by atoms with E-state index in [9.17, 15) is 4.79 Å². The van der Waals surface area contributed by atoms with Crippen LogP contribution >= 0.6 is 0 Å². The fraction of sp³-hybridized carbons (Fsp3) is 0.471. The number of urea groups is 1. The number of allylic oxidation sites excluding steroid dienone is 5. The highest BCUT2D eigenvalue weighted by atomic mass is 16.2. The molecule has 3 N–H and O–H groups in total. The first-order chi connectivity index (χ1) is 10.3. The van der Waals surface area contributed by atoms with Gasteiger partial charge in [-0.2, -0.15) is 0 Å². The van der Waals surface area contributed by atoms with Gasteiger partial charge in [-0.15, -0.1) is 0 Å². The standard InChI is InChI=1S/C17H28N4O/c1-7-8-9-10-15(11-20-12(2)3)16(19-6)13(4)14(5)21-17(18)22/h9-11H,7-8H2,1-6H3,(H3,18,21,22)/b10-9+,14-13+,15-11+,19-16+. The minimum atomic E-state index is -0.582. The second-order valence-electron chi connectivity index (χ2n) is 5.16. The molecule has 0 bridgehead atoms. The lowest BCUT2D eigenvalue weighted by atomic mass is 10.0. The van der Waals surface area contributed by atoms with Crippen LogP contribution in [0.1, 0.15) is 47.5 Å². The molecule has 0 unspecified atom stereocenters. The Hall–Kier alpha value is -2.17. The Balaban J connectivity index is 5.72. The van der Waals surface area contributed by atoms with Crippen LogP contribution in [0, 0.1) is 0 Å². The summed E-state index contributed by atoms with van der Waals surface area (Å²) in [5, 5.41) is 2.59. The van der Waals surface area contributed by atoms with Crippen molar-refractivity contribution in [2.45, 2.75) is 47.5 Å². The molecule has 0 radical (unpaired) electrons. The van der Waals surface area contributed by atoms with Gasteiger partial charge in [0.1, 0.15) is 0 Å². The molecule has 0 fully saturated rings.